The molecule has 9 nitrogen and oxygen atoms in total. The highest BCUT2D eigenvalue weighted by Gasteiger charge is 2.59. The molecule has 1 aromatic heterocycles. The molecule has 3 N–H and O–H groups in total. The number of ether oxygens (including phenoxy) is 2. The lowest BCUT2D eigenvalue weighted by Crippen LogP contribution is -2.49. The second-order valence-corrected chi connectivity index (χ2v) is 12.8. The Hall–Kier alpha value is -3.65. The molecule has 0 spiro atoms. The standard InChI is InChI=1S/C32H31Cl2F3O9S/c1-3-9-22-24(14-13-20(18(2)38)28(22)40)44-15-8-6-4-5-7-10-26(29(41)31(33,34)32(35,36)37)47-19-11-12-21-23(39)17-27(46-30(42)43)45-25(21)16-19/h4-5,7,10-14,16-17,26,29,40-41H,3,6,8-9,15H2,1-2H3,(H,42,43)/b5-4-,10-7+/t26-,29+/m0/s1. The average Bonchev–Trinajstić information content (AvgIpc) is 2.97. The number of fused-ring (bicyclic) bond motifs is 1. The van der Waals surface area contributed by atoms with Crippen LogP contribution in [0.25, 0.3) is 11.0 Å². The molecule has 0 bridgehead atoms. The molecule has 0 unspecified atom stereocenters. The van der Waals surface area contributed by atoms with Crippen molar-refractivity contribution in [1.82, 2.24) is 0 Å². The maximum Gasteiger partial charge on any atom is 0.513 e. The van der Waals surface area contributed by atoms with Gasteiger partial charge in [0.1, 0.15) is 23.2 Å². The zero-order chi connectivity index (χ0) is 34.9. The maximum absolute atomic E-state index is 13.6. The number of carbonyl (C=O) groups excluding carboxylic acids is 1. The number of rotatable bonds is 15. The quantitative estimate of drug-likeness (QED) is 0.0351. The Kier molecular flexibility index (Phi) is 13.2. The van der Waals surface area contributed by atoms with E-state index in [0.29, 0.717) is 30.6 Å². The number of hydrogen-bond acceptors (Lipinski definition) is 9. The van der Waals surface area contributed by atoms with Gasteiger partial charge in [0.05, 0.1) is 28.9 Å². The predicted molar refractivity (Wildman–Crippen MR) is 172 cm³/mol. The number of aliphatic hydroxyl groups is 1. The summed E-state index contributed by atoms with van der Waals surface area (Å²) < 4.78 is 52.7. The molecule has 3 aromatic rings. The molecule has 0 saturated heterocycles. The van der Waals surface area contributed by atoms with Crippen molar-refractivity contribution in [3.63, 3.8) is 0 Å². The number of aliphatic hydroxyl groups excluding tert-OH is 1. The number of aromatic hydroxyl groups is 1. The van der Waals surface area contributed by atoms with Gasteiger partial charge in [0.15, 0.2) is 11.2 Å². The van der Waals surface area contributed by atoms with Gasteiger partial charge in [-0.1, -0.05) is 60.9 Å². The highest BCUT2D eigenvalue weighted by Crippen LogP contribution is 2.46. The van der Waals surface area contributed by atoms with Gasteiger partial charge in [-0.2, -0.15) is 13.2 Å². The largest absolute Gasteiger partial charge is 0.513 e. The number of halogens is 5. The van der Waals surface area contributed by atoms with Crippen molar-refractivity contribution in [3.05, 3.63) is 82.1 Å². The first-order valence-corrected chi connectivity index (χ1v) is 15.8. The van der Waals surface area contributed by atoms with E-state index < -0.39 is 39.4 Å². The van der Waals surface area contributed by atoms with Gasteiger partial charge in [0.2, 0.25) is 4.33 Å². The molecule has 2 aromatic carbocycles. The summed E-state index contributed by atoms with van der Waals surface area (Å²) in [4.78, 5) is 35.1. The van der Waals surface area contributed by atoms with Crippen molar-refractivity contribution in [2.45, 2.75) is 66.3 Å². The molecule has 0 radical (unpaired) electrons. The van der Waals surface area contributed by atoms with Gasteiger partial charge in [-0.15, -0.1) is 11.8 Å². The van der Waals surface area contributed by atoms with Crippen molar-refractivity contribution in [3.8, 4) is 17.4 Å². The fourth-order valence-corrected chi connectivity index (χ4v) is 5.88. The van der Waals surface area contributed by atoms with Gasteiger partial charge < -0.3 is 29.2 Å². The number of alkyl halides is 5. The van der Waals surface area contributed by atoms with E-state index in [-0.39, 0.29) is 39.6 Å². The normalized spacial score (nSPS) is 13.7. The molecule has 254 valence electrons. The third-order valence-corrected chi connectivity index (χ3v) is 8.73. The number of unbranched alkanes of at least 4 members (excludes halogenated alkanes) is 1. The lowest BCUT2D eigenvalue weighted by Gasteiger charge is -2.31. The summed E-state index contributed by atoms with van der Waals surface area (Å²) in [5, 5.41) is 28.6. The van der Waals surface area contributed by atoms with E-state index in [4.69, 9.17) is 37.5 Å². The number of hydrogen-bond donors (Lipinski definition) is 3. The van der Waals surface area contributed by atoms with Gasteiger partial charge in [-0.25, -0.2) is 4.79 Å². The summed E-state index contributed by atoms with van der Waals surface area (Å²) in [6, 6.07) is 7.99. The van der Waals surface area contributed by atoms with Crippen LogP contribution in [0.2, 0.25) is 0 Å². The van der Waals surface area contributed by atoms with E-state index in [0.717, 1.165) is 24.2 Å². The van der Waals surface area contributed by atoms with Gasteiger partial charge in [-0.3, -0.25) is 9.59 Å². The average molecular weight is 720 g/mol. The first-order valence-electron chi connectivity index (χ1n) is 14.2. The SMILES string of the molecule is CCCc1c(OCCC/C=C\C=C\[C@H](Sc2ccc3c(=O)cc(OC(=O)O)oc3c2)[C@@H](O)C(Cl)(Cl)C(F)(F)F)ccc(C(C)=O)c1O. The van der Waals surface area contributed by atoms with Crippen molar-refractivity contribution in [2.75, 3.05) is 6.61 Å². The van der Waals surface area contributed by atoms with Crippen LogP contribution in [0, 0.1) is 0 Å². The van der Waals surface area contributed by atoms with Crippen LogP contribution in [0.5, 0.6) is 17.4 Å². The summed E-state index contributed by atoms with van der Waals surface area (Å²) in [6.45, 7) is 3.58. The zero-order valence-electron chi connectivity index (χ0n) is 25.1. The lowest BCUT2D eigenvalue weighted by atomic mass is 10.0. The molecule has 3 rings (SSSR count). The number of phenols is 1. The van der Waals surface area contributed by atoms with Crippen LogP contribution in [0.3, 0.4) is 0 Å². The van der Waals surface area contributed by atoms with Crippen LogP contribution < -0.4 is 14.9 Å². The Balaban J connectivity index is 1.73. The Morgan fingerprint density at radius 3 is 2.49 bits per heavy atom. The first kappa shape index (κ1) is 37.8. The molecule has 0 fully saturated rings. The molecular weight excluding hydrogens is 688 g/mol. The summed E-state index contributed by atoms with van der Waals surface area (Å²) in [5.41, 5.74) is 0.0503. The molecule has 1 heterocycles. The minimum atomic E-state index is -5.18. The monoisotopic (exact) mass is 718 g/mol. The zero-order valence-corrected chi connectivity index (χ0v) is 27.4. The Bertz CT molecular complexity index is 1700. The molecule has 47 heavy (non-hydrogen) atoms. The molecule has 0 aliphatic heterocycles. The Labute approximate surface area is 281 Å². The fourth-order valence-electron chi connectivity index (χ4n) is 4.32. The minimum Gasteiger partial charge on any atom is -0.507 e. The van der Waals surface area contributed by atoms with Crippen molar-refractivity contribution >= 4 is 57.9 Å². The van der Waals surface area contributed by atoms with E-state index in [2.05, 4.69) is 4.74 Å². The molecule has 0 aliphatic carbocycles. The Morgan fingerprint density at radius 1 is 1.13 bits per heavy atom. The number of carbonyl (C=O) groups is 2. The third-order valence-electron chi connectivity index (χ3n) is 6.64. The van der Waals surface area contributed by atoms with Gasteiger partial charge in [0, 0.05) is 10.5 Å². The number of Topliss-reactive ketones (excluding diaryl/α,β-unsaturated/α-hetero) is 1. The molecular formula is C32H31Cl2F3O9S. The minimum absolute atomic E-state index is 0.0532. The number of thioether (sulfide) groups is 1. The summed E-state index contributed by atoms with van der Waals surface area (Å²) in [6.07, 6.45) is -0.977. The first-order chi connectivity index (χ1) is 22.1. The van der Waals surface area contributed by atoms with Crippen LogP contribution >= 0.6 is 35.0 Å². The number of allylic oxidation sites excluding steroid dienone is 3. The third kappa shape index (κ3) is 9.92. The van der Waals surface area contributed by atoms with Crippen LogP contribution in [-0.2, 0) is 6.42 Å². The molecule has 0 amide bonds. The highest BCUT2D eigenvalue weighted by atomic mass is 35.5. The number of phenolic OH excluding ortho intramolecular Hbond substituents is 1. The van der Waals surface area contributed by atoms with Crippen LogP contribution in [0.4, 0.5) is 18.0 Å². The fraction of sp³-hybridized carbons (Fsp3) is 0.344. The predicted octanol–water partition coefficient (Wildman–Crippen LogP) is 8.24. The van der Waals surface area contributed by atoms with Crippen molar-refractivity contribution in [2.24, 2.45) is 0 Å². The second-order valence-electron chi connectivity index (χ2n) is 10.2. The van der Waals surface area contributed by atoms with E-state index in [9.17, 15) is 37.8 Å². The molecule has 2 atom stereocenters. The topological polar surface area (TPSA) is 144 Å². The van der Waals surface area contributed by atoms with E-state index in [1.165, 1.54) is 43.3 Å². The smallest absolute Gasteiger partial charge is 0.507 e. The van der Waals surface area contributed by atoms with E-state index in [1.807, 2.05) is 6.92 Å². The van der Waals surface area contributed by atoms with Gasteiger partial charge in [0.25, 0.3) is 5.95 Å². The van der Waals surface area contributed by atoms with Crippen LogP contribution in [-0.4, -0.2) is 55.7 Å². The number of benzene rings is 2. The number of ketones is 1. The van der Waals surface area contributed by atoms with Gasteiger partial charge >= 0.3 is 12.3 Å². The van der Waals surface area contributed by atoms with E-state index in [1.54, 1.807) is 18.2 Å². The molecule has 15 heteroatoms. The summed E-state index contributed by atoms with van der Waals surface area (Å²) in [7, 11) is 0. The Morgan fingerprint density at radius 2 is 1.85 bits per heavy atom. The highest BCUT2D eigenvalue weighted by molar-refractivity contribution is 8.00. The summed E-state index contributed by atoms with van der Waals surface area (Å²) in [5.74, 6) is -0.482. The van der Waals surface area contributed by atoms with Crippen molar-refractivity contribution in [1.29, 1.82) is 0 Å². The molecule has 0 aliphatic rings. The maximum atomic E-state index is 13.6. The van der Waals surface area contributed by atoms with Crippen molar-refractivity contribution < 1.29 is 52.0 Å². The second kappa shape index (κ2) is 16.4. The van der Waals surface area contributed by atoms with E-state index >= 15 is 0 Å². The van der Waals surface area contributed by atoms with Gasteiger partial charge in [-0.05, 0) is 56.5 Å². The van der Waals surface area contributed by atoms with Crippen LogP contribution in [0.1, 0.15) is 49.0 Å². The summed E-state index contributed by atoms with van der Waals surface area (Å²) >= 11 is 11.9. The number of carboxylic acid groups (broad SMARTS) is 1. The molecule has 0 saturated carbocycles. The van der Waals surface area contributed by atoms with Crippen LogP contribution in [0.15, 0.2) is 74.8 Å². The lowest BCUT2D eigenvalue weighted by molar-refractivity contribution is -0.160.